The van der Waals surface area contributed by atoms with Gasteiger partial charge in [0.2, 0.25) is 0 Å². The van der Waals surface area contributed by atoms with E-state index in [1.165, 1.54) is 11.8 Å². The maximum absolute atomic E-state index is 9.24. The zero-order valence-corrected chi connectivity index (χ0v) is 12.2. The smallest absolute Gasteiger partial charge is 0.191 e. The molecule has 0 amide bonds. The third kappa shape index (κ3) is 3.03. The highest BCUT2D eigenvalue weighted by molar-refractivity contribution is 7.98. The SMILES string of the molecule is CC[C@H](CO)CCN1CNc2c(N)nc(SC)nc21. The number of hydrogen-bond donors (Lipinski definition) is 3. The molecule has 0 radical (unpaired) electrons. The van der Waals surface area contributed by atoms with Crippen LogP contribution in [0.1, 0.15) is 19.8 Å². The van der Waals surface area contributed by atoms with E-state index in [0.717, 1.165) is 30.9 Å². The van der Waals surface area contributed by atoms with Crippen molar-refractivity contribution in [2.75, 3.05) is 42.0 Å². The number of nitrogens with two attached hydrogens (primary N) is 1. The molecule has 1 aliphatic heterocycles. The second kappa shape index (κ2) is 6.29. The van der Waals surface area contributed by atoms with Gasteiger partial charge < -0.3 is 21.1 Å². The quantitative estimate of drug-likeness (QED) is 0.537. The number of anilines is 3. The predicted molar refractivity (Wildman–Crippen MR) is 79.5 cm³/mol. The lowest BCUT2D eigenvalue weighted by molar-refractivity contribution is 0.216. The molecular weight excluding hydrogens is 262 g/mol. The summed E-state index contributed by atoms with van der Waals surface area (Å²) in [6.07, 6.45) is 3.88. The number of nitrogens with one attached hydrogen (secondary N) is 1. The summed E-state index contributed by atoms with van der Waals surface area (Å²) in [6, 6.07) is 0. The van der Waals surface area contributed by atoms with Gasteiger partial charge in [0, 0.05) is 13.2 Å². The van der Waals surface area contributed by atoms with E-state index in [4.69, 9.17) is 5.73 Å². The zero-order valence-electron chi connectivity index (χ0n) is 11.4. The zero-order chi connectivity index (χ0) is 13.8. The van der Waals surface area contributed by atoms with E-state index in [9.17, 15) is 5.11 Å². The number of nitrogen functional groups attached to an aromatic ring is 1. The molecular formula is C12H21N5OS. The molecule has 2 rings (SSSR count). The summed E-state index contributed by atoms with van der Waals surface area (Å²) in [7, 11) is 0. The second-order valence-electron chi connectivity index (χ2n) is 4.64. The maximum atomic E-state index is 9.24. The monoisotopic (exact) mass is 283 g/mol. The van der Waals surface area contributed by atoms with Gasteiger partial charge in [-0.3, -0.25) is 0 Å². The van der Waals surface area contributed by atoms with Crippen LogP contribution < -0.4 is 16.0 Å². The number of thioether (sulfide) groups is 1. The number of rotatable bonds is 6. The van der Waals surface area contributed by atoms with Gasteiger partial charge in [-0.25, -0.2) is 9.97 Å². The fraction of sp³-hybridized carbons (Fsp3) is 0.667. The van der Waals surface area contributed by atoms with Gasteiger partial charge in [0.1, 0.15) is 5.69 Å². The van der Waals surface area contributed by atoms with E-state index < -0.39 is 0 Å². The molecule has 1 aliphatic rings. The van der Waals surface area contributed by atoms with E-state index in [0.29, 0.717) is 23.6 Å². The number of nitrogens with zero attached hydrogens (tertiary/aromatic N) is 3. The Morgan fingerprint density at radius 1 is 1.53 bits per heavy atom. The summed E-state index contributed by atoms with van der Waals surface area (Å²) >= 11 is 1.49. The minimum Gasteiger partial charge on any atom is -0.396 e. The molecule has 0 saturated heterocycles. The molecule has 0 saturated carbocycles. The Kier molecular flexibility index (Phi) is 4.71. The van der Waals surface area contributed by atoms with Crippen molar-refractivity contribution in [2.24, 2.45) is 5.92 Å². The van der Waals surface area contributed by atoms with E-state index in [1.807, 2.05) is 6.26 Å². The number of aromatic nitrogens is 2. The highest BCUT2D eigenvalue weighted by Gasteiger charge is 2.24. The van der Waals surface area contributed by atoms with E-state index in [1.54, 1.807) is 0 Å². The molecule has 1 aromatic rings. The Morgan fingerprint density at radius 2 is 2.32 bits per heavy atom. The summed E-state index contributed by atoms with van der Waals surface area (Å²) in [5.41, 5.74) is 6.75. The molecule has 0 aliphatic carbocycles. The van der Waals surface area contributed by atoms with E-state index in [2.05, 4.69) is 27.1 Å². The molecule has 0 fully saturated rings. The van der Waals surface area contributed by atoms with Gasteiger partial charge in [-0.05, 0) is 18.6 Å². The van der Waals surface area contributed by atoms with Crippen molar-refractivity contribution in [2.45, 2.75) is 24.9 Å². The molecule has 0 unspecified atom stereocenters. The lowest BCUT2D eigenvalue weighted by atomic mass is 10.0. The Hall–Kier alpha value is -1.21. The van der Waals surface area contributed by atoms with Crippen LogP contribution in [0, 0.1) is 5.92 Å². The molecule has 4 N–H and O–H groups in total. The standard InChI is InChI=1S/C12H21N5OS/c1-3-8(6-18)4-5-17-7-14-9-10(13)15-12(19-2)16-11(9)17/h8,14,18H,3-7H2,1-2H3,(H2,13,15,16)/t8-/m0/s1. The number of hydrogen-bond acceptors (Lipinski definition) is 7. The van der Waals surface area contributed by atoms with Gasteiger partial charge >= 0.3 is 0 Å². The minimum atomic E-state index is 0.243. The molecule has 6 nitrogen and oxygen atoms in total. The average molecular weight is 283 g/mol. The van der Waals surface area contributed by atoms with Gasteiger partial charge in [0.05, 0.1) is 6.67 Å². The summed E-state index contributed by atoms with van der Waals surface area (Å²) in [5.74, 6) is 1.74. The van der Waals surface area contributed by atoms with Gasteiger partial charge in [-0.2, -0.15) is 0 Å². The number of fused-ring (bicyclic) bond motifs is 1. The van der Waals surface area contributed by atoms with Crippen LogP contribution in [0.3, 0.4) is 0 Å². The Balaban J connectivity index is 2.10. The first kappa shape index (κ1) is 14.2. The predicted octanol–water partition coefficient (Wildman–Crippen LogP) is 1.38. The van der Waals surface area contributed by atoms with E-state index in [-0.39, 0.29) is 6.61 Å². The highest BCUT2D eigenvalue weighted by atomic mass is 32.2. The summed E-state index contributed by atoms with van der Waals surface area (Å²) in [6.45, 7) is 3.91. The third-order valence-electron chi connectivity index (χ3n) is 3.47. The van der Waals surface area contributed by atoms with Gasteiger partial charge in [0.15, 0.2) is 16.8 Å². The minimum absolute atomic E-state index is 0.243. The summed E-state index contributed by atoms with van der Waals surface area (Å²) in [5, 5.41) is 13.2. The molecule has 2 heterocycles. The van der Waals surface area contributed by atoms with Gasteiger partial charge in [-0.1, -0.05) is 25.1 Å². The van der Waals surface area contributed by atoms with Crippen LogP contribution in [-0.4, -0.2) is 41.2 Å². The van der Waals surface area contributed by atoms with Crippen molar-refractivity contribution in [3.05, 3.63) is 0 Å². The Morgan fingerprint density at radius 3 is 2.95 bits per heavy atom. The van der Waals surface area contributed by atoms with Crippen LogP contribution in [0.2, 0.25) is 0 Å². The average Bonchev–Trinajstić information content (AvgIpc) is 2.83. The van der Waals surface area contributed by atoms with E-state index >= 15 is 0 Å². The van der Waals surface area contributed by atoms with Crippen molar-refractivity contribution in [3.63, 3.8) is 0 Å². The topological polar surface area (TPSA) is 87.3 Å². The molecule has 0 bridgehead atoms. The maximum Gasteiger partial charge on any atom is 0.191 e. The van der Waals surface area contributed by atoms with Crippen molar-refractivity contribution in [1.82, 2.24) is 9.97 Å². The van der Waals surface area contributed by atoms with Crippen molar-refractivity contribution in [3.8, 4) is 0 Å². The first-order valence-corrected chi connectivity index (χ1v) is 7.73. The molecule has 19 heavy (non-hydrogen) atoms. The molecule has 1 atom stereocenters. The first-order chi connectivity index (χ1) is 9.19. The van der Waals surface area contributed by atoms with Crippen LogP contribution in [0.5, 0.6) is 0 Å². The normalized spacial score (nSPS) is 15.2. The summed E-state index contributed by atoms with van der Waals surface area (Å²) in [4.78, 5) is 10.9. The second-order valence-corrected chi connectivity index (χ2v) is 5.41. The van der Waals surface area contributed by atoms with Gasteiger partial charge in [-0.15, -0.1) is 0 Å². The summed E-state index contributed by atoms with van der Waals surface area (Å²) < 4.78 is 0. The fourth-order valence-corrected chi connectivity index (χ4v) is 2.50. The number of aliphatic hydroxyl groups is 1. The molecule has 106 valence electrons. The van der Waals surface area contributed by atoms with Crippen molar-refractivity contribution >= 4 is 29.1 Å². The van der Waals surface area contributed by atoms with Crippen molar-refractivity contribution in [1.29, 1.82) is 0 Å². The molecule has 7 heteroatoms. The van der Waals surface area contributed by atoms with Crippen LogP contribution in [-0.2, 0) is 0 Å². The molecule has 1 aromatic heterocycles. The number of aliphatic hydroxyl groups excluding tert-OH is 1. The third-order valence-corrected chi connectivity index (χ3v) is 4.02. The van der Waals surface area contributed by atoms with Crippen LogP contribution >= 0.6 is 11.8 Å². The fourth-order valence-electron chi connectivity index (χ4n) is 2.13. The lowest BCUT2D eigenvalue weighted by Crippen LogP contribution is -2.26. The lowest BCUT2D eigenvalue weighted by Gasteiger charge is -2.20. The van der Waals surface area contributed by atoms with Gasteiger partial charge in [0.25, 0.3) is 0 Å². The van der Waals surface area contributed by atoms with Crippen LogP contribution in [0.4, 0.5) is 17.3 Å². The van der Waals surface area contributed by atoms with Crippen LogP contribution in [0.25, 0.3) is 0 Å². The largest absolute Gasteiger partial charge is 0.396 e. The Bertz CT molecular complexity index is 438. The first-order valence-electron chi connectivity index (χ1n) is 6.50. The molecule has 0 spiro atoms. The molecule has 0 aromatic carbocycles. The highest BCUT2D eigenvalue weighted by Crippen LogP contribution is 2.35. The van der Waals surface area contributed by atoms with Crippen LogP contribution in [0.15, 0.2) is 5.16 Å². The van der Waals surface area contributed by atoms with Crippen molar-refractivity contribution < 1.29 is 5.11 Å². The Labute approximate surface area is 117 Å².